The maximum absolute atomic E-state index is 11.9. The largest absolute Gasteiger partial charge is 0.397 e. The van der Waals surface area contributed by atoms with E-state index in [0.29, 0.717) is 23.7 Å². The highest BCUT2D eigenvalue weighted by atomic mass is 32.1. The molecular formula is C15H17N3OS. The third kappa shape index (κ3) is 3.61. The smallest absolute Gasteiger partial charge is 0.263 e. The fourth-order valence-corrected chi connectivity index (χ4v) is 2.59. The number of nitrogens with one attached hydrogen (secondary N) is 2. The van der Waals surface area contributed by atoms with Crippen molar-refractivity contribution in [3.63, 3.8) is 0 Å². The number of carbonyl (C=O) groups is 1. The zero-order valence-electron chi connectivity index (χ0n) is 11.1. The first-order valence-corrected chi connectivity index (χ1v) is 7.08. The van der Waals surface area contributed by atoms with E-state index in [2.05, 4.69) is 17.2 Å². The lowest BCUT2D eigenvalue weighted by Crippen LogP contribution is -2.22. The van der Waals surface area contributed by atoms with Gasteiger partial charge < -0.3 is 16.4 Å². The number of thiophene rings is 1. The molecule has 1 aromatic carbocycles. The summed E-state index contributed by atoms with van der Waals surface area (Å²) in [5.74, 6) is -0.167. The second-order valence-electron chi connectivity index (χ2n) is 4.23. The Morgan fingerprint density at radius 3 is 2.80 bits per heavy atom. The number of benzene rings is 1. The number of anilines is 2. The minimum Gasteiger partial charge on any atom is -0.397 e. The van der Waals surface area contributed by atoms with Gasteiger partial charge in [-0.15, -0.1) is 17.9 Å². The Kier molecular flexibility index (Phi) is 4.79. The number of carbonyl (C=O) groups excluding carboxylic acids is 1. The summed E-state index contributed by atoms with van der Waals surface area (Å²) in [4.78, 5) is 12.4. The first kappa shape index (κ1) is 14.1. The van der Waals surface area contributed by atoms with Crippen LogP contribution in [0, 0.1) is 0 Å². The Morgan fingerprint density at radius 2 is 2.10 bits per heavy atom. The van der Waals surface area contributed by atoms with Crippen LogP contribution in [0.25, 0.3) is 0 Å². The molecule has 0 aliphatic heterocycles. The topological polar surface area (TPSA) is 67.2 Å². The number of nitrogens with two attached hydrogens (primary N) is 1. The molecular weight excluding hydrogens is 270 g/mol. The molecule has 0 fully saturated rings. The molecule has 2 aromatic rings. The molecule has 5 heteroatoms. The van der Waals surface area contributed by atoms with Gasteiger partial charge in [0, 0.05) is 13.1 Å². The van der Waals surface area contributed by atoms with Crippen LogP contribution in [0.15, 0.2) is 49.1 Å². The Labute approximate surface area is 122 Å². The van der Waals surface area contributed by atoms with Crippen molar-refractivity contribution in [1.82, 2.24) is 5.32 Å². The average molecular weight is 287 g/mol. The second kappa shape index (κ2) is 6.77. The van der Waals surface area contributed by atoms with Crippen LogP contribution in [0.2, 0.25) is 0 Å². The molecule has 20 heavy (non-hydrogen) atoms. The molecule has 0 saturated carbocycles. The lowest BCUT2D eigenvalue weighted by molar-refractivity contribution is 0.0963. The number of rotatable bonds is 6. The average Bonchev–Trinajstić information content (AvgIpc) is 2.85. The SMILES string of the molecule is C=CCNC(=O)c1sc(NCc2ccccc2)cc1N. The van der Waals surface area contributed by atoms with E-state index in [1.807, 2.05) is 30.3 Å². The Bertz CT molecular complexity index is 592. The number of hydrogen-bond donors (Lipinski definition) is 3. The van der Waals surface area contributed by atoms with Crippen molar-refractivity contribution in [2.24, 2.45) is 0 Å². The van der Waals surface area contributed by atoms with E-state index < -0.39 is 0 Å². The molecule has 1 amide bonds. The predicted molar refractivity (Wildman–Crippen MR) is 85.0 cm³/mol. The van der Waals surface area contributed by atoms with Gasteiger partial charge in [0.25, 0.3) is 5.91 Å². The van der Waals surface area contributed by atoms with E-state index in [-0.39, 0.29) is 5.91 Å². The van der Waals surface area contributed by atoms with Crippen molar-refractivity contribution in [3.8, 4) is 0 Å². The van der Waals surface area contributed by atoms with E-state index in [1.165, 1.54) is 16.9 Å². The molecule has 0 unspecified atom stereocenters. The molecule has 0 aliphatic rings. The third-order valence-electron chi connectivity index (χ3n) is 2.68. The minimum absolute atomic E-state index is 0.167. The summed E-state index contributed by atoms with van der Waals surface area (Å²) in [6.07, 6.45) is 1.64. The van der Waals surface area contributed by atoms with E-state index in [0.717, 1.165) is 5.00 Å². The van der Waals surface area contributed by atoms with Crippen molar-refractivity contribution in [2.75, 3.05) is 17.6 Å². The fourth-order valence-electron chi connectivity index (χ4n) is 1.70. The summed E-state index contributed by atoms with van der Waals surface area (Å²) in [5.41, 5.74) is 7.54. The minimum atomic E-state index is -0.167. The Balaban J connectivity index is 2.00. The Hall–Kier alpha value is -2.27. The molecule has 4 N–H and O–H groups in total. The van der Waals surface area contributed by atoms with E-state index in [1.54, 1.807) is 12.1 Å². The molecule has 0 aliphatic carbocycles. The second-order valence-corrected chi connectivity index (χ2v) is 5.29. The molecule has 4 nitrogen and oxygen atoms in total. The maximum atomic E-state index is 11.9. The van der Waals surface area contributed by atoms with Gasteiger partial charge in [-0.25, -0.2) is 0 Å². The van der Waals surface area contributed by atoms with Crippen LogP contribution in [-0.2, 0) is 6.54 Å². The van der Waals surface area contributed by atoms with Crippen molar-refractivity contribution in [3.05, 3.63) is 59.5 Å². The zero-order chi connectivity index (χ0) is 14.4. The lowest BCUT2D eigenvalue weighted by Gasteiger charge is -2.03. The van der Waals surface area contributed by atoms with Gasteiger partial charge in [-0.1, -0.05) is 36.4 Å². The summed E-state index contributed by atoms with van der Waals surface area (Å²) in [6.45, 7) is 4.70. The monoisotopic (exact) mass is 287 g/mol. The number of nitrogen functional groups attached to an aromatic ring is 1. The molecule has 0 bridgehead atoms. The van der Waals surface area contributed by atoms with Crippen LogP contribution in [0.1, 0.15) is 15.2 Å². The molecule has 104 valence electrons. The van der Waals surface area contributed by atoms with E-state index >= 15 is 0 Å². The summed E-state index contributed by atoms with van der Waals surface area (Å²) >= 11 is 1.35. The van der Waals surface area contributed by atoms with Gasteiger partial charge in [0.2, 0.25) is 0 Å². The highest BCUT2D eigenvalue weighted by molar-refractivity contribution is 7.18. The van der Waals surface area contributed by atoms with Gasteiger partial charge in [0.05, 0.1) is 10.7 Å². The lowest BCUT2D eigenvalue weighted by atomic mass is 10.2. The van der Waals surface area contributed by atoms with E-state index in [4.69, 9.17) is 5.73 Å². The highest BCUT2D eigenvalue weighted by Crippen LogP contribution is 2.29. The van der Waals surface area contributed by atoms with Crippen molar-refractivity contribution < 1.29 is 4.79 Å². The molecule has 1 aromatic heterocycles. The highest BCUT2D eigenvalue weighted by Gasteiger charge is 2.13. The van der Waals surface area contributed by atoms with Gasteiger partial charge in [-0.05, 0) is 11.6 Å². The Morgan fingerprint density at radius 1 is 1.35 bits per heavy atom. The normalized spacial score (nSPS) is 10.0. The van der Waals surface area contributed by atoms with Gasteiger partial charge in [0.1, 0.15) is 4.88 Å². The van der Waals surface area contributed by atoms with Gasteiger partial charge in [0.15, 0.2) is 0 Å². The van der Waals surface area contributed by atoms with E-state index in [9.17, 15) is 4.79 Å². The predicted octanol–water partition coefficient (Wildman–Crippen LogP) is 2.86. The number of hydrogen-bond acceptors (Lipinski definition) is 4. The first-order valence-electron chi connectivity index (χ1n) is 6.27. The summed E-state index contributed by atoms with van der Waals surface area (Å²) in [7, 11) is 0. The van der Waals surface area contributed by atoms with Crippen molar-refractivity contribution in [1.29, 1.82) is 0 Å². The van der Waals surface area contributed by atoms with Crippen LogP contribution in [0.3, 0.4) is 0 Å². The molecule has 0 spiro atoms. The van der Waals surface area contributed by atoms with Crippen molar-refractivity contribution in [2.45, 2.75) is 6.54 Å². The standard InChI is InChI=1S/C15H17N3OS/c1-2-8-17-15(19)14-12(16)9-13(20-14)18-10-11-6-4-3-5-7-11/h2-7,9,18H,1,8,10,16H2,(H,17,19). The van der Waals surface area contributed by atoms with Crippen LogP contribution in [-0.4, -0.2) is 12.5 Å². The summed E-state index contributed by atoms with van der Waals surface area (Å²) in [5, 5.41) is 6.88. The van der Waals surface area contributed by atoms with Crippen LogP contribution < -0.4 is 16.4 Å². The van der Waals surface area contributed by atoms with Crippen LogP contribution in [0.4, 0.5) is 10.7 Å². The molecule has 2 rings (SSSR count). The summed E-state index contributed by atoms with van der Waals surface area (Å²) in [6, 6.07) is 11.8. The quantitative estimate of drug-likeness (QED) is 0.716. The van der Waals surface area contributed by atoms with Crippen LogP contribution >= 0.6 is 11.3 Å². The first-order chi connectivity index (χ1) is 9.70. The molecule has 0 radical (unpaired) electrons. The zero-order valence-corrected chi connectivity index (χ0v) is 11.9. The van der Waals surface area contributed by atoms with Crippen LogP contribution in [0.5, 0.6) is 0 Å². The molecule has 0 atom stereocenters. The fraction of sp³-hybridized carbons (Fsp3) is 0.133. The molecule has 1 heterocycles. The maximum Gasteiger partial charge on any atom is 0.263 e. The molecule has 0 saturated heterocycles. The van der Waals surface area contributed by atoms with Gasteiger partial charge >= 0.3 is 0 Å². The number of amides is 1. The van der Waals surface area contributed by atoms with Gasteiger partial charge in [-0.2, -0.15) is 0 Å². The summed E-state index contributed by atoms with van der Waals surface area (Å²) < 4.78 is 0. The van der Waals surface area contributed by atoms with Gasteiger partial charge in [-0.3, -0.25) is 4.79 Å². The third-order valence-corrected chi connectivity index (χ3v) is 3.79. The van der Waals surface area contributed by atoms with Crippen molar-refractivity contribution >= 4 is 27.9 Å².